The highest BCUT2D eigenvalue weighted by atomic mass is 35.5. The molecule has 3 saturated carbocycles. The molecule has 8 heteroatoms. The third kappa shape index (κ3) is 2.75. The number of amides is 1. The minimum absolute atomic E-state index is 0.0191. The van der Waals surface area contributed by atoms with E-state index < -0.39 is 23.1 Å². The summed E-state index contributed by atoms with van der Waals surface area (Å²) in [4.78, 5) is 13.3. The monoisotopic (exact) mass is 440 g/mol. The van der Waals surface area contributed by atoms with Gasteiger partial charge in [-0.25, -0.2) is 13.8 Å². The molecule has 1 atom stereocenters. The van der Waals surface area contributed by atoms with E-state index in [0.29, 0.717) is 23.7 Å². The number of carbonyl (C=O) groups excluding carboxylic acids is 1. The fourth-order valence-corrected chi connectivity index (χ4v) is 6.02. The third-order valence-electron chi connectivity index (χ3n) is 6.97. The highest BCUT2D eigenvalue weighted by Gasteiger charge is 2.72. The summed E-state index contributed by atoms with van der Waals surface area (Å²) in [6, 6.07) is 10.7. The molecule has 2 bridgehead atoms. The zero-order chi connectivity index (χ0) is 21.4. The molecule has 2 heterocycles. The van der Waals surface area contributed by atoms with Crippen molar-refractivity contribution in [3.8, 4) is 0 Å². The number of hydrazone groups is 1. The lowest BCUT2D eigenvalue weighted by Crippen LogP contribution is -2.68. The molecule has 1 aromatic heterocycles. The highest BCUT2D eigenvalue weighted by Crippen LogP contribution is 2.74. The first kappa shape index (κ1) is 18.9. The first-order valence-electron chi connectivity index (χ1n) is 10.3. The molecule has 4 aliphatic rings. The average molecular weight is 441 g/mol. The van der Waals surface area contributed by atoms with Crippen LogP contribution >= 0.6 is 11.6 Å². The molecule has 3 fully saturated rings. The quantitative estimate of drug-likeness (QED) is 0.567. The van der Waals surface area contributed by atoms with Gasteiger partial charge in [0.15, 0.2) is 0 Å². The Labute approximate surface area is 182 Å². The molecular weight excluding hydrogens is 422 g/mol. The molecule has 31 heavy (non-hydrogen) atoms. The van der Waals surface area contributed by atoms with Crippen molar-refractivity contribution >= 4 is 34.6 Å². The number of aromatic nitrogens is 2. The van der Waals surface area contributed by atoms with Crippen molar-refractivity contribution in [2.45, 2.75) is 38.3 Å². The summed E-state index contributed by atoms with van der Waals surface area (Å²) in [5.74, 6) is -1.36. The molecule has 1 amide bonds. The van der Waals surface area contributed by atoms with Crippen molar-refractivity contribution in [1.82, 2.24) is 14.8 Å². The number of benzene rings is 2. The molecule has 3 aromatic rings. The minimum Gasteiger partial charge on any atom is -0.272 e. The topological polar surface area (TPSA) is 50.5 Å². The number of hydrogen-bond acceptors (Lipinski definition) is 3. The maximum Gasteiger partial charge on any atom is 0.249 e. The largest absolute Gasteiger partial charge is 0.272 e. The van der Waals surface area contributed by atoms with Crippen molar-refractivity contribution in [1.29, 1.82) is 0 Å². The second kappa shape index (κ2) is 6.36. The summed E-state index contributed by atoms with van der Waals surface area (Å²) < 4.78 is 29.2. The van der Waals surface area contributed by atoms with Gasteiger partial charge in [0.2, 0.25) is 5.91 Å². The van der Waals surface area contributed by atoms with Crippen molar-refractivity contribution in [2.75, 3.05) is 0 Å². The number of fused-ring (bicyclic) bond motifs is 1. The first-order valence-corrected chi connectivity index (χ1v) is 10.7. The van der Waals surface area contributed by atoms with Gasteiger partial charge in [0.05, 0.1) is 17.0 Å². The van der Waals surface area contributed by atoms with E-state index in [9.17, 15) is 13.6 Å². The summed E-state index contributed by atoms with van der Waals surface area (Å²) >= 11 is 6.52. The molecule has 0 N–H and O–H groups in total. The van der Waals surface area contributed by atoms with Gasteiger partial charge in [0.25, 0.3) is 0 Å². The predicted molar refractivity (Wildman–Crippen MR) is 113 cm³/mol. The maximum atomic E-state index is 13.7. The summed E-state index contributed by atoms with van der Waals surface area (Å²) in [6.07, 6.45) is 4.35. The lowest BCUT2D eigenvalue weighted by atomic mass is 9.34. The van der Waals surface area contributed by atoms with Crippen molar-refractivity contribution in [3.05, 3.63) is 64.8 Å². The van der Waals surface area contributed by atoms with Crippen LogP contribution in [0.15, 0.2) is 47.6 Å². The molecule has 1 aliphatic heterocycles. The first-order chi connectivity index (χ1) is 14.9. The fraction of sp³-hybridized carbons (Fsp3) is 0.348. The number of carbonyl (C=O) groups is 1. The van der Waals surface area contributed by atoms with E-state index in [2.05, 4.69) is 10.2 Å². The van der Waals surface area contributed by atoms with Crippen LogP contribution in [0.2, 0.25) is 5.15 Å². The van der Waals surface area contributed by atoms with Crippen LogP contribution < -0.4 is 0 Å². The van der Waals surface area contributed by atoms with Gasteiger partial charge in [0.1, 0.15) is 16.8 Å². The van der Waals surface area contributed by atoms with Crippen LogP contribution in [-0.2, 0) is 11.3 Å². The minimum atomic E-state index is -0.651. The molecule has 7 rings (SSSR count). The van der Waals surface area contributed by atoms with Crippen LogP contribution in [-0.4, -0.2) is 26.9 Å². The van der Waals surface area contributed by atoms with E-state index in [1.807, 2.05) is 28.9 Å². The summed E-state index contributed by atoms with van der Waals surface area (Å²) in [6.45, 7) is 0.678. The van der Waals surface area contributed by atoms with Gasteiger partial charge in [0, 0.05) is 30.6 Å². The molecular formula is C23H19ClF2N4O. The fourth-order valence-electron chi connectivity index (χ4n) is 5.76. The highest BCUT2D eigenvalue weighted by molar-refractivity contribution is 6.34. The van der Waals surface area contributed by atoms with Crippen LogP contribution in [0.25, 0.3) is 10.9 Å². The smallest absolute Gasteiger partial charge is 0.249 e. The van der Waals surface area contributed by atoms with E-state index in [1.165, 1.54) is 17.1 Å². The van der Waals surface area contributed by atoms with Crippen LogP contribution in [0, 0.1) is 22.5 Å². The molecule has 0 saturated heterocycles. The van der Waals surface area contributed by atoms with Crippen molar-refractivity contribution in [3.63, 3.8) is 0 Å². The van der Waals surface area contributed by atoms with Gasteiger partial charge in [-0.1, -0.05) is 23.7 Å². The van der Waals surface area contributed by atoms with E-state index in [4.69, 9.17) is 11.6 Å². The number of hydrogen-bond donors (Lipinski definition) is 0. The molecule has 2 aromatic carbocycles. The Morgan fingerprint density at radius 1 is 1.13 bits per heavy atom. The lowest BCUT2D eigenvalue weighted by molar-refractivity contribution is -0.223. The molecule has 158 valence electrons. The van der Waals surface area contributed by atoms with Crippen molar-refractivity contribution in [2.24, 2.45) is 15.9 Å². The molecule has 0 spiro atoms. The lowest BCUT2D eigenvalue weighted by Gasteiger charge is -2.69. The van der Waals surface area contributed by atoms with Crippen LogP contribution in [0.3, 0.4) is 0 Å². The number of rotatable bonds is 4. The standard InChI is InChI=1S/C23H19ClF2N4O/c24-20-17-3-1-2-4-18(17)28-29(20)13-22-10-23(11-22,12-22)21(31)30-19(5-6-27-30)14-7-15(25)9-16(26)8-14/h1-4,6-9,19H,5,10-13H2. The maximum absolute atomic E-state index is 13.7. The second-order valence-corrected chi connectivity index (χ2v) is 9.54. The number of halogens is 3. The van der Waals surface area contributed by atoms with Gasteiger partial charge < -0.3 is 0 Å². The van der Waals surface area contributed by atoms with Gasteiger partial charge in [-0.05, 0) is 54.5 Å². The zero-order valence-electron chi connectivity index (χ0n) is 16.6. The van der Waals surface area contributed by atoms with Crippen molar-refractivity contribution < 1.29 is 13.6 Å². The van der Waals surface area contributed by atoms with E-state index in [0.717, 1.165) is 36.2 Å². The Morgan fingerprint density at radius 3 is 2.55 bits per heavy atom. The summed E-state index contributed by atoms with van der Waals surface area (Å²) in [5.41, 5.74) is 0.872. The Bertz CT molecular complexity index is 1230. The van der Waals surface area contributed by atoms with E-state index in [1.54, 1.807) is 6.21 Å². The molecule has 0 radical (unpaired) electrons. The van der Waals surface area contributed by atoms with E-state index >= 15 is 0 Å². The SMILES string of the molecule is O=C(N1N=CCC1c1cc(F)cc(F)c1)C12CC(Cn3nc4ccccc4c3Cl)(C1)C2. The average Bonchev–Trinajstić information content (AvgIpc) is 3.28. The Morgan fingerprint density at radius 2 is 1.84 bits per heavy atom. The Hall–Kier alpha value is -2.80. The predicted octanol–water partition coefficient (Wildman–Crippen LogP) is 5.10. The molecule has 5 nitrogen and oxygen atoms in total. The third-order valence-corrected chi connectivity index (χ3v) is 7.37. The van der Waals surface area contributed by atoms with Gasteiger partial charge in [-0.3, -0.25) is 9.48 Å². The summed E-state index contributed by atoms with van der Waals surface area (Å²) in [7, 11) is 0. The molecule has 1 unspecified atom stereocenters. The Balaban J connectivity index is 1.18. The van der Waals surface area contributed by atoms with Crippen LogP contribution in [0.4, 0.5) is 8.78 Å². The normalized spacial score (nSPS) is 28.6. The second-order valence-electron chi connectivity index (χ2n) is 9.18. The number of nitrogens with zero attached hydrogens (tertiary/aromatic N) is 4. The van der Waals surface area contributed by atoms with Gasteiger partial charge >= 0.3 is 0 Å². The zero-order valence-corrected chi connectivity index (χ0v) is 17.3. The van der Waals surface area contributed by atoms with Gasteiger partial charge in [-0.15, -0.1) is 0 Å². The Kier molecular flexibility index (Phi) is 3.88. The van der Waals surface area contributed by atoms with Crippen LogP contribution in [0.5, 0.6) is 0 Å². The van der Waals surface area contributed by atoms with Gasteiger partial charge in [-0.2, -0.15) is 10.2 Å². The van der Waals surface area contributed by atoms with E-state index in [-0.39, 0.29) is 11.3 Å². The molecule has 3 aliphatic carbocycles. The van der Waals surface area contributed by atoms with Crippen LogP contribution in [0.1, 0.15) is 37.3 Å². The summed E-state index contributed by atoms with van der Waals surface area (Å²) in [5, 5.41) is 11.8.